The number of carbonyl (C=O) groups excluding carboxylic acids is 2. The van der Waals surface area contributed by atoms with Crippen LogP contribution < -0.4 is 5.73 Å². The van der Waals surface area contributed by atoms with Crippen LogP contribution in [0.1, 0.15) is 27.3 Å². The van der Waals surface area contributed by atoms with Crippen LogP contribution in [0.25, 0.3) is 0 Å². The maximum Gasteiger partial charge on any atom is 0.339 e. The van der Waals surface area contributed by atoms with Crippen LogP contribution in [-0.4, -0.2) is 36.8 Å². The molecule has 1 heterocycles. The van der Waals surface area contributed by atoms with E-state index in [2.05, 4.69) is 4.74 Å². The molecule has 0 aliphatic heterocycles. The van der Waals surface area contributed by atoms with Crippen molar-refractivity contribution in [2.24, 2.45) is 12.8 Å². The van der Waals surface area contributed by atoms with E-state index in [1.54, 1.807) is 0 Å². The first-order chi connectivity index (χ1) is 8.84. The molecule has 19 heavy (non-hydrogen) atoms. The smallest absolute Gasteiger partial charge is 0.339 e. The first-order valence-corrected chi connectivity index (χ1v) is 5.91. The normalized spacial score (nSPS) is 12.1. The number of ether oxygens (including phenoxy) is 2. The maximum atomic E-state index is 11.8. The monoisotopic (exact) mass is 268 g/mol. The van der Waals surface area contributed by atoms with Gasteiger partial charge in [0.15, 0.2) is 0 Å². The van der Waals surface area contributed by atoms with E-state index in [1.165, 1.54) is 14.2 Å². The average molecular weight is 268 g/mol. The lowest BCUT2D eigenvalue weighted by Gasteiger charge is -2.10. The first kappa shape index (κ1) is 15.2. The van der Waals surface area contributed by atoms with Crippen molar-refractivity contribution in [3.05, 3.63) is 22.5 Å². The van der Waals surface area contributed by atoms with Crippen LogP contribution in [0.2, 0.25) is 0 Å². The number of aromatic nitrogens is 1. The van der Waals surface area contributed by atoms with Gasteiger partial charge in [-0.05, 0) is 19.4 Å². The fourth-order valence-corrected chi connectivity index (χ4v) is 2.10. The zero-order valence-electron chi connectivity index (χ0n) is 11.9. The van der Waals surface area contributed by atoms with Gasteiger partial charge in [0.2, 0.25) is 0 Å². The highest BCUT2D eigenvalue weighted by Crippen LogP contribution is 2.23. The lowest BCUT2D eigenvalue weighted by atomic mass is 10.0. The molecule has 2 N–H and O–H groups in total. The van der Waals surface area contributed by atoms with Crippen LogP contribution in [0.4, 0.5) is 0 Å². The quantitative estimate of drug-likeness (QED) is 0.803. The van der Waals surface area contributed by atoms with Gasteiger partial charge in [-0.3, -0.25) is 4.79 Å². The SMILES string of the molecule is COC(=O)c1c(CC(N)C(=O)OC)c(C)n(C)c1C. The van der Waals surface area contributed by atoms with Crippen molar-refractivity contribution in [2.75, 3.05) is 14.2 Å². The largest absolute Gasteiger partial charge is 0.468 e. The molecule has 6 heteroatoms. The highest BCUT2D eigenvalue weighted by molar-refractivity contribution is 5.93. The summed E-state index contributed by atoms with van der Waals surface area (Å²) >= 11 is 0. The Bertz CT molecular complexity index is 505. The molecule has 0 fully saturated rings. The molecular weight excluding hydrogens is 248 g/mol. The molecule has 0 radical (unpaired) electrons. The first-order valence-electron chi connectivity index (χ1n) is 5.91. The third kappa shape index (κ3) is 2.78. The van der Waals surface area contributed by atoms with Crippen LogP contribution in [0, 0.1) is 13.8 Å². The van der Waals surface area contributed by atoms with Gasteiger partial charge >= 0.3 is 11.9 Å². The molecule has 1 unspecified atom stereocenters. The van der Waals surface area contributed by atoms with Gasteiger partial charge in [-0.2, -0.15) is 0 Å². The van der Waals surface area contributed by atoms with Crippen molar-refractivity contribution in [2.45, 2.75) is 26.3 Å². The minimum absolute atomic E-state index is 0.241. The van der Waals surface area contributed by atoms with Gasteiger partial charge in [-0.25, -0.2) is 4.79 Å². The zero-order valence-corrected chi connectivity index (χ0v) is 11.9. The Hall–Kier alpha value is -1.82. The number of nitrogens with zero attached hydrogens (tertiary/aromatic N) is 1. The number of carbonyl (C=O) groups is 2. The van der Waals surface area contributed by atoms with E-state index in [0.717, 1.165) is 17.0 Å². The fourth-order valence-electron chi connectivity index (χ4n) is 2.10. The van der Waals surface area contributed by atoms with Gasteiger partial charge in [-0.15, -0.1) is 0 Å². The topological polar surface area (TPSA) is 83.6 Å². The molecule has 0 amide bonds. The molecule has 6 nitrogen and oxygen atoms in total. The predicted octanol–water partition coefficient (Wildman–Crippen LogP) is 0.471. The number of hydrogen-bond donors (Lipinski definition) is 1. The van der Waals surface area contributed by atoms with Crippen LogP contribution in [0.5, 0.6) is 0 Å². The highest BCUT2D eigenvalue weighted by Gasteiger charge is 2.25. The zero-order chi connectivity index (χ0) is 14.7. The Labute approximate surface area is 112 Å². The molecule has 1 rings (SSSR count). The second-order valence-electron chi connectivity index (χ2n) is 4.41. The summed E-state index contributed by atoms with van der Waals surface area (Å²) in [6.45, 7) is 3.70. The summed E-state index contributed by atoms with van der Waals surface area (Å²) in [6, 6.07) is -0.797. The summed E-state index contributed by atoms with van der Waals surface area (Å²) in [5.74, 6) is -0.926. The van der Waals surface area contributed by atoms with Crippen molar-refractivity contribution in [3.63, 3.8) is 0 Å². The second kappa shape index (κ2) is 5.88. The molecule has 1 aromatic heterocycles. The summed E-state index contributed by atoms with van der Waals surface area (Å²) in [4.78, 5) is 23.2. The molecule has 0 aliphatic rings. The van der Waals surface area contributed by atoms with Crippen molar-refractivity contribution in [1.29, 1.82) is 0 Å². The maximum absolute atomic E-state index is 11.8. The Morgan fingerprint density at radius 2 is 1.79 bits per heavy atom. The van der Waals surface area contributed by atoms with Gasteiger partial charge in [0, 0.05) is 24.9 Å². The van der Waals surface area contributed by atoms with Gasteiger partial charge in [-0.1, -0.05) is 0 Å². The number of nitrogens with two attached hydrogens (primary N) is 1. The van der Waals surface area contributed by atoms with Crippen LogP contribution in [0.3, 0.4) is 0 Å². The number of rotatable bonds is 4. The van der Waals surface area contributed by atoms with E-state index in [0.29, 0.717) is 5.56 Å². The summed E-state index contributed by atoms with van der Waals surface area (Å²) in [7, 11) is 4.46. The minimum atomic E-state index is -0.797. The fraction of sp³-hybridized carbons (Fsp3) is 0.538. The average Bonchev–Trinajstić information content (AvgIpc) is 2.61. The van der Waals surface area contributed by atoms with Crippen LogP contribution in [0.15, 0.2) is 0 Å². The van der Waals surface area contributed by atoms with Crippen LogP contribution in [-0.2, 0) is 27.7 Å². The van der Waals surface area contributed by atoms with Gasteiger partial charge < -0.3 is 19.8 Å². The van der Waals surface area contributed by atoms with Gasteiger partial charge in [0.1, 0.15) is 6.04 Å². The number of methoxy groups -OCH3 is 2. The third-order valence-corrected chi connectivity index (χ3v) is 3.42. The van der Waals surface area contributed by atoms with Crippen molar-refractivity contribution in [3.8, 4) is 0 Å². The molecule has 1 aromatic rings. The van der Waals surface area contributed by atoms with Gasteiger partial charge in [0.05, 0.1) is 19.8 Å². The molecule has 0 spiro atoms. The standard InChI is InChI=1S/C13H20N2O4/c1-7-9(6-10(14)12(16)18-4)11(13(17)19-5)8(2)15(7)3/h10H,6,14H2,1-5H3. The van der Waals surface area contributed by atoms with E-state index < -0.39 is 18.0 Å². The summed E-state index contributed by atoms with van der Waals surface area (Å²) in [6.07, 6.45) is 0.241. The summed E-state index contributed by atoms with van der Waals surface area (Å²) in [5, 5.41) is 0. The van der Waals surface area contributed by atoms with Crippen molar-refractivity contribution < 1.29 is 19.1 Å². The Balaban J connectivity index is 3.23. The molecule has 0 saturated carbocycles. The summed E-state index contributed by atoms with van der Waals surface area (Å²) in [5.41, 5.74) is 8.64. The molecular formula is C13H20N2O4. The van der Waals surface area contributed by atoms with Gasteiger partial charge in [0.25, 0.3) is 0 Å². The van der Waals surface area contributed by atoms with E-state index in [9.17, 15) is 9.59 Å². The minimum Gasteiger partial charge on any atom is -0.468 e. The van der Waals surface area contributed by atoms with E-state index in [1.807, 2.05) is 25.5 Å². The lowest BCUT2D eigenvalue weighted by molar-refractivity contribution is -0.142. The summed E-state index contributed by atoms with van der Waals surface area (Å²) < 4.78 is 11.3. The molecule has 1 atom stereocenters. The van der Waals surface area contributed by atoms with Crippen LogP contribution >= 0.6 is 0 Å². The molecule has 0 saturated heterocycles. The Morgan fingerprint density at radius 3 is 2.26 bits per heavy atom. The van der Waals surface area contributed by atoms with E-state index >= 15 is 0 Å². The molecule has 0 aromatic carbocycles. The lowest BCUT2D eigenvalue weighted by Crippen LogP contribution is -2.34. The predicted molar refractivity (Wildman–Crippen MR) is 69.9 cm³/mol. The van der Waals surface area contributed by atoms with E-state index in [-0.39, 0.29) is 6.42 Å². The number of hydrogen-bond acceptors (Lipinski definition) is 5. The van der Waals surface area contributed by atoms with Crippen molar-refractivity contribution in [1.82, 2.24) is 4.57 Å². The van der Waals surface area contributed by atoms with Crippen molar-refractivity contribution >= 4 is 11.9 Å². The molecule has 106 valence electrons. The Kier molecular flexibility index (Phi) is 4.72. The molecule has 0 bridgehead atoms. The van der Waals surface area contributed by atoms with E-state index in [4.69, 9.17) is 10.5 Å². The molecule has 0 aliphatic carbocycles. The highest BCUT2D eigenvalue weighted by atomic mass is 16.5. The third-order valence-electron chi connectivity index (χ3n) is 3.42. The number of esters is 2. The Morgan fingerprint density at radius 1 is 1.21 bits per heavy atom. The second-order valence-corrected chi connectivity index (χ2v) is 4.41.